The number of nitrogens with one attached hydrogen (secondary N) is 1. The summed E-state index contributed by atoms with van der Waals surface area (Å²) in [6.45, 7) is 1.39. The number of alkyl halides is 1. The highest BCUT2D eigenvalue weighted by Gasteiger charge is 2.20. The molecule has 4 rings (SSSR count). The van der Waals surface area contributed by atoms with Crippen LogP contribution in [-0.4, -0.2) is 33.2 Å². The van der Waals surface area contributed by atoms with Gasteiger partial charge in [0.15, 0.2) is 5.65 Å². The van der Waals surface area contributed by atoms with Crippen LogP contribution in [-0.2, 0) is 6.42 Å². The van der Waals surface area contributed by atoms with E-state index in [0.29, 0.717) is 21.8 Å². The summed E-state index contributed by atoms with van der Waals surface area (Å²) in [5.74, 6) is -1.26. The van der Waals surface area contributed by atoms with E-state index in [0.717, 1.165) is 5.56 Å². The predicted molar refractivity (Wildman–Crippen MR) is 120 cm³/mol. The standard InChI is InChI=1S/C23H20ClF2N5O/c1-13-2-7-18(15-8-9-31-19(11-15)29-23(27)30-31)21(26)20(13)22(32)28-12-17(25)10-14-3-5-16(24)6-4-14/h2-9,11,17H,10,12H2,1H3,(H2,27,30)(H,28,32)/t17-/m1/s1. The number of nitrogens with zero attached hydrogens (tertiary/aromatic N) is 3. The number of nitrogens with two attached hydrogens (primary N) is 1. The average Bonchev–Trinajstić information content (AvgIpc) is 3.13. The SMILES string of the molecule is Cc1ccc(-c2ccn3nc(N)nc3c2)c(F)c1C(=O)NC[C@H](F)Cc1ccc(Cl)cc1. The minimum atomic E-state index is -1.33. The largest absolute Gasteiger partial charge is 0.366 e. The first kappa shape index (κ1) is 21.7. The van der Waals surface area contributed by atoms with Crippen molar-refractivity contribution in [3.63, 3.8) is 0 Å². The zero-order chi connectivity index (χ0) is 22.8. The lowest BCUT2D eigenvalue weighted by Gasteiger charge is -2.14. The molecule has 0 fully saturated rings. The van der Waals surface area contributed by atoms with Gasteiger partial charge in [0.1, 0.15) is 12.0 Å². The number of carbonyl (C=O) groups is 1. The Morgan fingerprint density at radius 2 is 1.97 bits per heavy atom. The topological polar surface area (TPSA) is 85.3 Å². The van der Waals surface area contributed by atoms with E-state index in [1.54, 1.807) is 61.7 Å². The summed E-state index contributed by atoms with van der Waals surface area (Å²) in [5.41, 5.74) is 7.87. The number of aromatic nitrogens is 3. The van der Waals surface area contributed by atoms with E-state index in [2.05, 4.69) is 15.4 Å². The van der Waals surface area contributed by atoms with Gasteiger partial charge in [-0.25, -0.2) is 13.3 Å². The average molecular weight is 456 g/mol. The summed E-state index contributed by atoms with van der Waals surface area (Å²) in [7, 11) is 0. The highest BCUT2D eigenvalue weighted by molar-refractivity contribution is 6.30. The van der Waals surface area contributed by atoms with E-state index in [1.165, 1.54) is 4.52 Å². The third-order valence-electron chi connectivity index (χ3n) is 5.10. The van der Waals surface area contributed by atoms with Gasteiger partial charge in [-0.2, -0.15) is 4.98 Å². The predicted octanol–water partition coefficient (Wildman–Crippen LogP) is 4.39. The monoisotopic (exact) mass is 455 g/mol. The number of amides is 1. The Balaban J connectivity index is 1.52. The molecule has 0 radical (unpaired) electrons. The maximum Gasteiger partial charge on any atom is 0.254 e. The second-order valence-corrected chi connectivity index (χ2v) is 7.88. The molecule has 0 unspecified atom stereocenters. The fourth-order valence-electron chi connectivity index (χ4n) is 3.48. The molecule has 2 heterocycles. The summed E-state index contributed by atoms with van der Waals surface area (Å²) >= 11 is 5.84. The van der Waals surface area contributed by atoms with Gasteiger partial charge in [-0.3, -0.25) is 4.79 Å². The van der Waals surface area contributed by atoms with E-state index >= 15 is 4.39 Å². The number of halogens is 3. The highest BCUT2D eigenvalue weighted by atomic mass is 35.5. The molecule has 0 aliphatic heterocycles. The molecule has 3 N–H and O–H groups in total. The molecule has 9 heteroatoms. The minimum Gasteiger partial charge on any atom is -0.366 e. The molecule has 0 bridgehead atoms. The van der Waals surface area contributed by atoms with E-state index in [-0.39, 0.29) is 30.0 Å². The molecule has 0 aliphatic carbocycles. The van der Waals surface area contributed by atoms with Gasteiger partial charge in [-0.05, 0) is 47.9 Å². The van der Waals surface area contributed by atoms with Gasteiger partial charge < -0.3 is 11.1 Å². The fourth-order valence-corrected chi connectivity index (χ4v) is 3.61. The normalized spacial score (nSPS) is 12.1. The molecule has 32 heavy (non-hydrogen) atoms. The van der Waals surface area contributed by atoms with Crippen LogP contribution in [0.25, 0.3) is 16.8 Å². The molecule has 164 valence electrons. The number of hydrogen-bond donors (Lipinski definition) is 2. The number of pyridine rings is 1. The molecule has 4 aromatic rings. The summed E-state index contributed by atoms with van der Waals surface area (Å²) < 4.78 is 31.2. The lowest BCUT2D eigenvalue weighted by Crippen LogP contribution is -2.32. The number of hydrogen-bond acceptors (Lipinski definition) is 4. The smallest absolute Gasteiger partial charge is 0.254 e. The lowest BCUT2D eigenvalue weighted by molar-refractivity contribution is 0.0937. The van der Waals surface area contributed by atoms with Gasteiger partial charge in [0, 0.05) is 29.7 Å². The first-order chi connectivity index (χ1) is 15.3. The Kier molecular flexibility index (Phi) is 6.05. The zero-order valence-electron chi connectivity index (χ0n) is 17.1. The Morgan fingerprint density at radius 1 is 1.22 bits per heavy atom. The van der Waals surface area contributed by atoms with Crippen LogP contribution >= 0.6 is 11.6 Å². The quantitative estimate of drug-likeness (QED) is 0.451. The van der Waals surface area contributed by atoms with Crippen molar-refractivity contribution in [1.82, 2.24) is 19.9 Å². The van der Waals surface area contributed by atoms with Crippen molar-refractivity contribution in [2.24, 2.45) is 0 Å². The van der Waals surface area contributed by atoms with Crippen molar-refractivity contribution in [2.75, 3.05) is 12.3 Å². The van der Waals surface area contributed by atoms with Crippen LogP contribution in [0.5, 0.6) is 0 Å². The van der Waals surface area contributed by atoms with Crippen molar-refractivity contribution < 1.29 is 13.6 Å². The van der Waals surface area contributed by atoms with Crippen LogP contribution in [0.3, 0.4) is 0 Å². The van der Waals surface area contributed by atoms with Gasteiger partial charge in [0.2, 0.25) is 5.95 Å². The molecule has 1 atom stereocenters. The summed E-state index contributed by atoms with van der Waals surface area (Å²) in [4.78, 5) is 16.8. The Morgan fingerprint density at radius 3 is 2.72 bits per heavy atom. The minimum absolute atomic E-state index is 0.103. The van der Waals surface area contributed by atoms with Crippen LogP contribution < -0.4 is 11.1 Å². The van der Waals surface area contributed by atoms with Crippen molar-refractivity contribution in [2.45, 2.75) is 19.5 Å². The van der Waals surface area contributed by atoms with Crippen molar-refractivity contribution >= 4 is 29.1 Å². The Bertz CT molecular complexity index is 1290. The lowest BCUT2D eigenvalue weighted by atomic mass is 9.98. The second-order valence-electron chi connectivity index (χ2n) is 7.45. The Labute approximate surface area is 188 Å². The maximum absolute atomic E-state index is 15.3. The van der Waals surface area contributed by atoms with Gasteiger partial charge in [-0.1, -0.05) is 35.9 Å². The molecule has 1 amide bonds. The van der Waals surface area contributed by atoms with E-state index in [1.807, 2.05) is 0 Å². The molecular formula is C23H20ClF2N5O. The molecule has 0 spiro atoms. The number of aryl methyl sites for hydroxylation is 1. The number of nitrogen functional groups attached to an aromatic ring is 1. The van der Waals surface area contributed by atoms with Crippen LogP contribution in [0.15, 0.2) is 54.7 Å². The fraction of sp³-hybridized carbons (Fsp3) is 0.174. The van der Waals surface area contributed by atoms with Crippen LogP contribution in [0.1, 0.15) is 21.5 Å². The van der Waals surface area contributed by atoms with Crippen molar-refractivity contribution in [1.29, 1.82) is 0 Å². The van der Waals surface area contributed by atoms with Crippen LogP contribution in [0.2, 0.25) is 5.02 Å². The summed E-state index contributed by atoms with van der Waals surface area (Å²) in [5, 5.41) is 7.05. The molecular weight excluding hydrogens is 436 g/mol. The molecule has 0 saturated heterocycles. The van der Waals surface area contributed by atoms with Gasteiger partial charge in [0.25, 0.3) is 5.91 Å². The Hall–Kier alpha value is -3.52. The number of carbonyl (C=O) groups excluding carboxylic acids is 1. The molecule has 6 nitrogen and oxygen atoms in total. The first-order valence-electron chi connectivity index (χ1n) is 9.90. The van der Waals surface area contributed by atoms with E-state index in [4.69, 9.17) is 17.3 Å². The van der Waals surface area contributed by atoms with E-state index < -0.39 is 17.9 Å². The number of anilines is 1. The molecule has 0 aliphatic rings. The van der Waals surface area contributed by atoms with Crippen LogP contribution in [0, 0.1) is 12.7 Å². The summed E-state index contributed by atoms with van der Waals surface area (Å²) in [6, 6.07) is 13.3. The first-order valence-corrected chi connectivity index (χ1v) is 10.3. The maximum atomic E-state index is 15.3. The molecule has 0 saturated carbocycles. The zero-order valence-corrected chi connectivity index (χ0v) is 17.9. The van der Waals surface area contributed by atoms with Gasteiger partial charge in [0.05, 0.1) is 5.56 Å². The van der Waals surface area contributed by atoms with Crippen LogP contribution in [0.4, 0.5) is 14.7 Å². The third-order valence-corrected chi connectivity index (χ3v) is 5.35. The highest BCUT2D eigenvalue weighted by Crippen LogP contribution is 2.28. The van der Waals surface area contributed by atoms with Gasteiger partial charge >= 0.3 is 0 Å². The number of fused-ring (bicyclic) bond motifs is 1. The van der Waals surface area contributed by atoms with Gasteiger partial charge in [-0.15, -0.1) is 5.10 Å². The van der Waals surface area contributed by atoms with E-state index in [9.17, 15) is 9.18 Å². The number of rotatable bonds is 6. The number of benzene rings is 2. The summed E-state index contributed by atoms with van der Waals surface area (Å²) in [6.07, 6.45) is 0.394. The second kappa shape index (κ2) is 8.92. The molecule has 2 aromatic heterocycles. The third kappa shape index (κ3) is 4.55. The molecule has 2 aromatic carbocycles. The van der Waals surface area contributed by atoms with Crippen molar-refractivity contribution in [3.05, 3.63) is 82.3 Å². The van der Waals surface area contributed by atoms with Crippen molar-refractivity contribution in [3.8, 4) is 11.1 Å².